The molecule has 1 atom stereocenters. The van der Waals surface area contributed by atoms with E-state index in [1.807, 2.05) is 0 Å². The van der Waals surface area contributed by atoms with E-state index >= 15 is 0 Å². The van der Waals surface area contributed by atoms with E-state index in [1.165, 1.54) is 17.0 Å². The lowest BCUT2D eigenvalue weighted by Crippen LogP contribution is -2.37. The average Bonchev–Trinajstić information content (AvgIpc) is 3.53. The van der Waals surface area contributed by atoms with Crippen LogP contribution in [-0.4, -0.2) is 59.6 Å². The van der Waals surface area contributed by atoms with Crippen molar-refractivity contribution in [3.05, 3.63) is 65.0 Å². The molecule has 1 unspecified atom stereocenters. The van der Waals surface area contributed by atoms with Gasteiger partial charge in [-0.1, -0.05) is 12.1 Å². The van der Waals surface area contributed by atoms with Crippen LogP contribution in [0.15, 0.2) is 48.0 Å². The second-order valence-electron chi connectivity index (χ2n) is 8.16. The standard InChI is InChI=1S/C24H23FN2O5/c25-17-6-3-15(4-7-17)21-20(22(28)16-5-8-18-19(13-16)32-14-31-18)23(29)24(30)27(21)12-11-26-9-1-2-10-26/h3-8,13,21,28H,1-2,9-12,14H2/b22-20+. The molecule has 3 heterocycles. The summed E-state index contributed by atoms with van der Waals surface area (Å²) in [6.07, 6.45) is 2.23. The maximum atomic E-state index is 13.6. The summed E-state index contributed by atoms with van der Waals surface area (Å²) in [6.45, 7) is 2.97. The van der Waals surface area contributed by atoms with Gasteiger partial charge in [-0.3, -0.25) is 9.59 Å². The Morgan fingerprint density at radius 2 is 1.72 bits per heavy atom. The van der Waals surface area contributed by atoms with E-state index in [9.17, 15) is 19.1 Å². The molecule has 5 rings (SSSR count). The summed E-state index contributed by atoms with van der Waals surface area (Å²) in [6, 6.07) is 9.70. The molecule has 2 aromatic rings. The quantitative estimate of drug-likeness (QED) is 0.439. The minimum atomic E-state index is -0.802. The fraction of sp³-hybridized carbons (Fsp3) is 0.333. The topological polar surface area (TPSA) is 79.3 Å². The van der Waals surface area contributed by atoms with Crippen LogP contribution >= 0.6 is 0 Å². The summed E-state index contributed by atoms with van der Waals surface area (Å²) in [5.74, 6) is -1.13. The molecule has 2 saturated heterocycles. The number of halogens is 1. The van der Waals surface area contributed by atoms with Gasteiger partial charge in [0.05, 0.1) is 11.6 Å². The van der Waals surface area contributed by atoms with Crippen molar-refractivity contribution in [1.29, 1.82) is 0 Å². The molecule has 1 N–H and O–H groups in total. The van der Waals surface area contributed by atoms with Crippen LogP contribution in [0.3, 0.4) is 0 Å². The van der Waals surface area contributed by atoms with Crippen LogP contribution in [-0.2, 0) is 9.59 Å². The predicted octanol–water partition coefficient (Wildman–Crippen LogP) is 3.07. The van der Waals surface area contributed by atoms with Gasteiger partial charge in [-0.15, -0.1) is 0 Å². The second-order valence-corrected chi connectivity index (χ2v) is 8.16. The van der Waals surface area contributed by atoms with E-state index in [0.717, 1.165) is 25.9 Å². The Hall–Kier alpha value is -3.39. The summed E-state index contributed by atoms with van der Waals surface area (Å²) in [4.78, 5) is 29.8. The molecule has 8 heteroatoms. The van der Waals surface area contributed by atoms with Crippen LogP contribution in [0.4, 0.5) is 4.39 Å². The monoisotopic (exact) mass is 438 g/mol. The first-order valence-corrected chi connectivity index (χ1v) is 10.7. The molecule has 3 aliphatic rings. The summed E-state index contributed by atoms with van der Waals surface area (Å²) in [5, 5.41) is 11.1. The highest BCUT2D eigenvalue weighted by molar-refractivity contribution is 6.46. The SMILES string of the molecule is O=C1C(=O)N(CCN2CCCC2)C(c2ccc(F)cc2)/C1=C(\O)c1ccc2c(c1)OCO2. The third-order valence-corrected chi connectivity index (χ3v) is 6.23. The van der Waals surface area contributed by atoms with Crippen LogP contribution in [0.25, 0.3) is 5.76 Å². The van der Waals surface area contributed by atoms with Gasteiger partial charge < -0.3 is 24.4 Å². The van der Waals surface area contributed by atoms with E-state index in [4.69, 9.17) is 9.47 Å². The number of rotatable bonds is 5. The fourth-order valence-corrected chi connectivity index (χ4v) is 4.56. The largest absolute Gasteiger partial charge is 0.507 e. The zero-order valence-electron chi connectivity index (χ0n) is 17.4. The van der Waals surface area contributed by atoms with Crippen molar-refractivity contribution >= 4 is 17.4 Å². The van der Waals surface area contributed by atoms with Gasteiger partial charge in [0.25, 0.3) is 11.7 Å². The maximum Gasteiger partial charge on any atom is 0.295 e. The number of ether oxygens (including phenoxy) is 2. The third kappa shape index (κ3) is 3.60. The van der Waals surface area contributed by atoms with Crippen LogP contribution in [0.1, 0.15) is 30.0 Å². The fourth-order valence-electron chi connectivity index (χ4n) is 4.56. The third-order valence-electron chi connectivity index (χ3n) is 6.23. The lowest BCUT2D eigenvalue weighted by atomic mass is 9.95. The molecule has 1 amide bonds. The molecule has 2 fully saturated rings. The highest BCUT2D eigenvalue weighted by Gasteiger charge is 2.46. The van der Waals surface area contributed by atoms with Crippen molar-refractivity contribution < 1.29 is 28.6 Å². The summed E-state index contributed by atoms with van der Waals surface area (Å²) < 4.78 is 24.3. The minimum absolute atomic E-state index is 0.0121. The number of likely N-dealkylation sites (tertiary alicyclic amines) is 2. The highest BCUT2D eigenvalue weighted by Crippen LogP contribution is 2.41. The van der Waals surface area contributed by atoms with Crippen LogP contribution in [0, 0.1) is 5.82 Å². The molecular formula is C24H23FN2O5. The molecule has 0 aromatic heterocycles. The Balaban J connectivity index is 1.55. The molecule has 0 saturated carbocycles. The number of carbonyl (C=O) groups excluding carboxylic acids is 2. The molecule has 166 valence electrons. The zero-order chi connectivity index (χ0) is 22.2. The van der Waals surface area contributed by atoms with Crippen molar-refractivity contribution in [3.63, 3.8) is 0 Å². The van der Waals surface area contributed by atoms with Crippen LogP contribution in [0.2, 0.25) is 0 Å². The van der Waals surface area contributed by atoms with Crippen molar-refractivity contribution in [2.24, 2.45) is 0 Å². The second kappa shape index (κ2) is 8.27. The number of Topliss-reactive ketones (excluding diaryl/α,β-unsaturated/α-hetero) is 1. The number of amides is 1. The Morgan fingerprint density at radius 1 is 1.00 bits per heavy atom. The Morgan fingerprint density at radius 3 is 2.47 bits per heavy atom. The van der Waals surface area contributed by atoms with E-state index in [0.29, 0.717) is 35.7 Å². The lowest BCUT2D eigenvalue weighted by Gasteiger charge is -2.27. The first kappa shape index (κ1) is 20.5. The number of hydrogen-bond acceptors (Lipinski definition) is 6. The van der Waals surface area contributed by atoms with Crippen molar-refractivity contribution in [1.82, 2.24) is 9.80 Å². The molecule has 0 radical (unpaired) electrons. The van der Waals surface area contributed by atoms with E-state index in [-0.39, 0.29) is 18.1 Å². The average molecular weight is 438 g/mol. The molecule has 32 heavy (non-hydrogen) atoms. The zero-order valence-corrected chi connectivity index (χ0v) is 17.4. The Bertz CT molecular complexity index is 1090. The Labute approximate surface area is 184 Å². The van der Waals surface area contributed by atoms with E-state index < -0.39 is 23.5 Å². The van der Waals surface area contributed by atoms with Gasteiger partial charge >= 0.3 is 0 Å². The number of aliphatic hydroxyl groups excluding tert-OH is 1. The molecule has 0 bridgehead atoms. The van der Waals surface area contributed by atoms with Crippen molar-refractivity contribution in [2.75, 3.05) is 33.0 Å². The summed E-state index contributed by atoms with van der Waals surface area (Å²) in [7, 11) is 0. The van der Waals surface area contributed by atoms with E-state index in [1.54, 1.807) is 30.3 Å². The number of benzene rings is 2. The van der Waals surface area contributed by atoms with Gasteiger partial charge in [-0.25, -0.2) is 4.39 Å². The normalized spacial score (nSPS) is 22.2. The number of hydrogen-bond donors (Lipinski definition) is 1. The minimum Gasteiger partial charge on any atom is -0.507 e. The van der Waals surface area contributed by atoms with Gasteiger partial charge in [-0.2, -0.15) is 0 Å². The summed E-state index contributed by atoms with van der Waals surface area (Å²) >= 11 is 0. The van der Waals surface area contributed by atoms with Crippen LogP contribution in [0.5, 0.6) is 11.5 Å². The lowest BCUT2D eigenvalue weighted by molar-refractivity contribution is -0.140. The molecule has 0 aliphatic carbocycles. The van der Waals surface area contributed by atoms with Crippen molar-refractivity contribution in [2.45, 2.75) is 18.9 Å². The first-order valence-electron chi connectivity index (χ1n) is 10.7. The number of fused-ring (bicyclic) bond motifs is 1. The highest BCUT2D eigenvalue weighted by atomic mass is 19.1. The van der Waals surface area contributed by atoms with Gasteiger partial charge in [0, 0.05) is 18.7 Å². The number of carbonyl (C=O) groups is 2. The van der Waals surface area contributed by atoms with Gasteiger partial charge in [0.2, 0.25) is 6.79 Å². The first-order chi connectivity index (χ1) is 15.5. The van der Waals surface area contributed by atoms with Gasteiger partial charge in [-0.05, 0) is 61.8 Å². The summed E-state index contributed by atoms with van der Waals surface area (Å²) in [5.41, 5.74) is 0.898. The van der Waals surface area contributed by atoms with Crippen molar-refractivity contribution in [3.8, 4) is 11.5 Å². The van der Waals surface area contributed by atoms with Crippen LogP contribution < -0.4 is 9.47 Å². The van der Waals surface area contributed by atoms with E-state index in [2.05, 4.69) is 4.90 Å². The molecule has 0 spiro atoms. The molecule has 2 aromatic carbocycles. The number of aliphatic hydroxyl groups is 1. The smallest absolute Gasteiger partial charge is 0.295 e. The number of nitrogens with zero attached hydrogens (tertiary/aromatic N) is 2. The molecular weight excluding hydrogens is 415 g/mol. The maximum absolute atomic E-state index is 13.6. The van der Waals surface area contributed by atoms with Gasteiger partial charge in [0.1, 0.15) is 11.6 Å². The Kier molecular flexibility index (Phi) is 5.30. The van der Waals surface area contributed by atoms with Gasteiger partial charge in [0.15, 0.2) is 11.5 Å². The molecule has 3 aliphatic heterocycles. The number of ketones is 1. The molecule has 7 nitrogen and oxygen atoms in total. The predicted molar refractivity (Wildman–Crippen MR) is 114 cm³/mol.